The Balaban J connectivity index is 3.28. The van der Waals surface area contributed by atoms with Crippen LogP contribution in [0.1, 0.15) is 0 Å². The number of hydrogen-bond acceptors (Lipinski definition) is 2. The Labute approximate surface area is 77.4 Å². The first-order chi connectivity index (χ1) is 4.61. The van der Waals surface area contributed by atoms with E-state index >= 15 is 0 Å². The number of rotatable bonds is 0. The molecule has 0 unspecified atom stereocenters. The number of nitrogens with two attached hydrogens (primary N) is 1. The average molecular weight is 269 g/mol. The minimum absolute atomic E-state index is 0.278. The van der Waals surface area contributed by atoms with Crippen molar-refractivity contribution in [1.29, 1.82) is 0 Å². The molecule has 1 aromatic carbocycles. The molecule has 1 aromatic rings. The molecule has 0 aliphatic carbocycles. The smallest absolute Gasteiger partial charge is 0.137 e. The molecular weight excluding hydrogens is 264 g/mol. The van der Waals surface area contributed by atoms with E-state index < -0.39 is 0 Å². The van der Waals surface area contributed by atoms with Gasteiger partial charge in [0.25, 0.3) is 0 Å². The molecule has 0 heterocycles. The first kappa shape index (κ1) is 8.13. The standard InChI is InChI=1S/C6H5FINS/c7-3-1-6(10)5(9)2-4(3)8/h1-2,10H,9H2. The zero-order valence-corrected chi connectivity index (χ0v) is 7.99. The van der Waals surface area contributed by atoms with Crippen LogP contribution in [0.25, 0.3) is 0 Å². The topological polar surface area (TPSA) is 26.0 Å². The Bertz CT molecular complexity index is 214. The third-order valence-corrected chi connectivity index (χ3v) is 2.28. The van der Waals surface area contributed by atoms with Crippen LogP contribution in [0, 0.1) is 9.39 Å². The SMILES string of the molecule is Nc1cc(I)c(F)cc1S. The summed E-state index contributed by atoms with van der Waals surface area (Å²) in [7, 11) is 0. The van der Waals surface area contributed by atoms with Gasteiger partial charge in [-0.1, -0.05) is 0 Å². The highest BCUT2D eigenvalue weighted by atomic mass is 127. The summed E-state index contributed by atoms with van der Waals surface area (Å²) in [5, 5.41) is 0. The molecule has 0 spiro atoms. The molecule has 0 aromatic heterocycles. The zero-order valence-electron chi connectivity index (χ0n) is 4.94. The molecule has 0 fully saturated rings. The van der Waals surface area contributed by atoms with Crippen LogP contribution >= 0.6 is 35.2 Å². The molecule has 10 heavy (non-hydrogen) atoms. The molecular formula is C6H5FINS. The van der Waals surface area contributed by atoms with Crippen LogP contribution in [-0.2, 0) is 0 Å². The van der Waals surface area contributed by atoms with Gasteiger partial charge in [0.15, 0.2) is 0 Å². The van der Waals surface area contributed by atoms with Crippen molar-refractivity contribution in [1.82, 2.24) is 0 Å². The summed E-state index contributed by atoms with van der Waals surface area (Å²) in [5.41, 5.74) is 5.95. The molecule has 54 valence electrons. The minimum Gasteiger partial charge on any atom is -0.398 e. The van der Waals surface area contributed by atoms with Gasteiger partial charge in [0.05, 0.1) is 3.57 Å². The Kier molecular flexibility index (Phi) is 2.40. The molecule has 0 radical (unpaired) electrons. The Morgan fingerprint density at radius 2 is 2.10 bits per heavy atom. The maximum absolute atomic E-state index is 12.6. The van der Waals surface area contributed by atoms with Crippen LogP contribution in [0.2, 0.25) is 0 Å². The van der Waals surface area contributed by atoms with E-state index in [1.807, 2.05) is 22.6 Å². The lowest BCUT2D eigenvalue weighted by Gasteiger charge is -1.99. The number of benzene rings is 1. The fraction of sp³-hybridized carbons (Fsp3) is 0. The second-order valence-corrected chi connectivity index (χ2v) is 3.47. The minimum atomic E-state index is -0.278. The van der Waals surface area contributed by atoms with E-state index in [1.54, 1.807) is 6.07 Å². The van der Waals surface area contributed by atoms with Gasteiger partial charge in [-0.3, -0.25) is 0 Å². The van der Waals surface area contributed by atoms with E-state index in [0.29, 0.717) is 14.2 Å². The lowest BCUT2D eigenvalue weighted by Crippen LogP contribution is -1.90. The Hall–Kier alpha value is 0.0300. The maximum atomic E-state index is 12.6. The molecule has 2 N–H and O–H groups in total. The second-order valence-electron chi connectivity index (χ2n) is 1.83. The van der Waals surface area contributed by atoms with Crippen molar-refractivity contribution in [3.05, 3.63) is 21.5 Å². The van der Waals surface area contributed by atoms with Crippen LogP contribution in [0.4, 0.5) is 10.1 Å². The average Bonchev–Trinajstić information content (AvgIpc) is 1.84. The molecule has 0 bridgehead atoms. The van der Waals surface area contributed by atoms with Gasteiger partial charge in [0, 0.05) is 10.6 Å². The van der Waals surface area contributed by atoms with Gasteiger partial charge in [-0.2, -0.15) is 0 Å². The van der Waals surface area contributed by atoms with Crippen molar-refractivity contribution in [2.24, 2.45) is 0 Å². The van der Waals surface area contributed by atoms with Crippen molar-refractivity contribution in [2.45, 2.75) is 4.90 Å². The summed E-state index contributed by atoms with van der Waals surface area (Å²) in [6.07, 6.45) is 0. The molecule has 1 nitrogen and oxygen atoms in total. The maximum Gasteiger partial charge on any atom is 0.137 e. The summed E-state index contributed by atoms with van der Waals surface area (Å²) < 4.78 is 13.2. The number of anilines is 1. The number of nitrogen functional groups attached to an aromatic ring is 1. The fourth-order valence-electron chi connectivity index (χ4n) is 0.552. The zero-order chi connectivity index (χ0) is 7.72. The van der Waals surface area contributed by atoms with Crippen LogP contribution in [0.3, 0.4) is 0 Å². The summed E-state index contributed by atoms with van der Waals surface area (Å²) in [4.78, 5) is 0.484. The van der Waals surface area contributed by atoms with E-state index in [9.17, 15) is 4.39 Å². The summed E-state index contributed by atoms with van der Waals surface area (Å²) in [6.45, 7) is 0. The normalized spacial score (nSPS) is 9.90. The molecule has 0 amide bonds. The van der Waals surface area contributed by atoms with Crippen molar-refractivity contribution in [2.75, 3.05) is 5.73 Å². The molecule has 0 aliphatic heterocycles. The van der Waals surface area contributed by atoms with Gasteiger partial charge in [0.2, 0.25) is 0 Å². The lowest BCUT2D eigenvalue weighted by molar-refractivity contribution is 0.617. The quantitative estimate of drug-likeness (QED) is 0.422. The summed E-state index contributed by atoms with van der Waals surface area (Å²) in [6, 6.07) is 2.86. The van der Waals surface area contributed by atoms with Crippen LogP contribution < -0.4 is 5.73 Å². The van der Waals surface area contributed by atoms with E-state index in [1.165, 1.54) is 6.07 Å². The summed E-state index contributed by atoms with van der Waals surface area (Å²) in [5.74, 6) is -0.278. The molecule has 0 saturated carbocycles. The van der Waals surface area contributed by atoms with Crippen LogP contribution in [0.5, 0.6) is 0 Å². The monoisotopic (exact) mass is 269 g/mol. The predicted molar refractivity (Wildman–Crippen MR) is 50.8 cm³/mol. The highest BCUT2D eigenvalue weighted by Gasteiger charge is 2.01. The first-order valence-corrected chi connectivity index (χ1v) is 4.07. The highest BCUT2D eigenvalue weighted by Crippen LogP contribution is 2.21. The number of halogens is 2. The Morgan fingerprint density at radius 1 is 1.50 bits per heavy atom. The van der Waals surface area contributed by atoms with E-state index in [-0.39, 0.29) is 5.82 Å². The lowest BCUT2D eigenvalue weighted by atomic mass is 10.3. The molecule has 0 saturated heterocycles. The van der Waals surface area contributed by atoms with Crippen molar-refractivity contribution >= 4 is 40.9 Å². The largest absolute Gasteiger partial charge is 0.398 e. The van der Waals surface area contributed by atoms with Gasteiger partial charge in [-0.05, 0) is 34.7 Å². The molecule has 0 aliphatic rings. The molecule has 0 atom stereocenters. The Morgan fingerprint density at radius 3 is 2.60 bits per heavy atom. The van der Waals surface area contributed by atoms with Gasteiger partial charge in [-0.25, -0.2) is 4.39 Å². The second kappa shape index (κ2) is 2.96. The third kappa shape index (κ3) is 1.54. The van der Waals surface area contributed by atoms with Gasteiger partial charge < -0.3 is 5.73 Å². The van der Waals surface area contributed by atoms with Gasteiger partial charge in [0.1, 0.15) is 5.82 Å². The van der Waals surface area contributed by atoms with Crippen LogP contribution in [-0.4, -0.2) is 0 Å². The van der Waals surface area contributed by atoms with Crippen molar-refractivity contribution in [3.63, 3.8) is 0 Å². The van der Waals surface area contributed by atoms with E-state index in [4.69, 9.17) is 5.73 Å². The fourth-order valence-corrected chi connectivity index (χ4v) is 1.22. The molecule has 1 rings (SSSR count). The van der Waals surface area contributed by atoms with E-state index in [0.717, 1.165) is 0 Å². The number of hydrogen-bond donors (Lipinski definition) is 2. The predicted octanol–water partition coefficient (Wildman–Crippen LogP) is 2.30. The van der Waals surface area contributed by atoms with Gasteiger partial charge in [-0.15, -0.1) is 12.6 Å². The van der Waals surface area contributed by atoms with E-state index in [2.05, 4.69) is 12.6 Å². The highest BCUT2D eigenvalue weighted by molar-refractivity contribution is 14.1. The van der Waals surface area contributed by atoms with Crippen molar-refractivity contribution < 1.29 is 4.39 Å². The van der Waals surface area contributed by atoms with Crippen LogP contribution in [0.15, 0.2) is 17.0 Å². The summed E-state index contributed by atoms with van der Waals surface area (Å²) >= 11 is 5.82. The first-order valence-electron chi connectivity index (χ1n) is 2.54. The van der Waals surface area contributed by atoms with Crippen molar-refractivity contribution in [3.8, 4) is 0 Å². The molecule has 4 heteroatoms. The third-order valence-electron chi connectivity index (χ3n) is 1.07. The number of thiol groups is 1. The van der Waals surface area contributed by atoms with Gasteiger partial charge >= 0.3 is 0 Å².